The molecule has 0 saturated carbocycles. The number of benzene rings is 1. The van der Waals surface area contributed by atoms with Crippen molar-refractivity contribution < 1.29 is 17.7 Å². The van der Waals surface area contributed by atoms with Crippen LogP contribution in [-0.2, 0) is 21.2 Å². The number of aromatic nitrogens is 1. The number of rotatable bonds is 8. The zero-order chi connectivity index (χ0) is 16.0. The molecule has 0 bridgehead atoms. The van der Waals surface area contributed by atoms with Crippen LogP contribution in [0.3, 0.4) is 0 Å². The smallest absolute Gasteiger partial charge is 0.213 e. The molecule has 6 nitrogen and oxygen atoms in total. The zero-order valence-electron chi connectivity index (χ0n) is 12.1. The van der Waals surface area contributed by atoms with Crippen LogP contribution >= 0.6 is 11.6 Å². The van der Waals surface area contributed by atoms with Gasteiger partial charge in [0.2, 0.25) is 10.0 Å². The highest BCUT2D eigenvalue weighted by Crippen LogP contribution is 2.22. The molecular formula is C14H17ClN2O4S. The Morgan fingerprint density at radius 1 is 1.32 bits per heavy atom. The highest BCUT2D eigenvalue weighted by molar-refractivity contribution is 7.89. The molecule has 0 atom stereocenters. The number of hydrogen-bond acceptors (Lipinski definition) is 5. The van der Waals surface area contributed by atoms with Crippen molar-refractivity contribution in [2.75, 3.05) is 26.0 Å². The molecule has 0 aliphatic carbocycles. The summed E-state index contributed by atoms with van der Waals surface area (Å²) in [5.74, 6) is 0.562. The van der Waals surface area contributed by atoms with E-state index in [1.54, 1.807) is 18.2 Å². The average molecular weight is 345 g/mol. The van der Waals surface area contributed by atoms with Crippen LogP contribution in [0.1, 0.15) is 5.69 Å². The van der Waals surface area contributed by atoms with Gasteiger partial charge in [0.15, 0.2) is 5.76 Å². The number of methoxy groups -OCH3 is 1. The van der Waals surface area contributed by atoms with Crippen LogP contribution in [0.25, 0.3) is 11.3 Å². The first kappa shape index (κ1) is 17.0. The summed E-state index contributed by atoms with van der Waals surface area (Å²) in [5.41, 5.74) is 1.54. The molecule has 2 aromatic rings. The van der Waals surface area contributed by atoms with E-state index in [0.29, 0.717) is 22.9 Å². The lowest BCUT2D eigenvalue weighted by Crippen LogP contribution is -2.30. The lowest BCUT2D eigenvalue weighted by atomic mass is 10.1. The third kappa shape index (κ3) is 5.10. The third-order valence-electron chi connectivity index (χ3n) is 2.95. The van der Waals surface area contributed by atoms with Crippen molar-refractivity contribution in [3.63, 3.8) is 0 Å². The van der Waals surface area contributed by atoms with E-state index in [4.69, 9.17) is 20.9 Å². The maximum Gasteiger partial charge on any atom is 0.213 e. The molecule has 120 valence electrons. The molecule has 2 rings (SSSR count). The number of ether oxygens (including phenoxy) is 1. The molecule has 1 aromatic carbocycles. The topological polar surface area (TPSA) is 81.4 Å². The Morgan fingerprint density at radius 3 is 2.73 bits per heavy atom. The Morgan fingerprint density at radius 2 is 2.05 bits per heavy atom. The van der Waals surface area contributed by atoms with E-state index in [1.165, 1.54) is 7.11 Å². The van der Waals surface area contributed by atoms with Crippen LogP contribution in [0.4, 0.5) is 0 Å². The fourth-order valence-corrected chi connectivity index (χ4v) is 2.85. The van der Waals surface area contributed by atoms with Crippen LogP contribution in [0, 0.1) is 0 Å². The van der Waals surface area contributed by atoms with E-state index >= 15 is 0 Å². The average Bonchev–Trinajstić information content (AvgIpc) is 2.94. The van der Waals surface area contributed by atoms with Gasteiger partial charge in [-0.1, -0.05) is 16.8 Å². The van der Waals surface area contributed by atoms with Gasteiger partial charge in [-0.05, 0) is 24.3 Å². The second-order valence-corrected chi connectivity index (χ2v) is 7.01. The maximum atomic E-state index is 11.6. The van der Waals surface area contributed by atoms with Gasteiger partial charge in [0.05, 0.1) is 18.1 Å². The Kier molecular flexibility index (Phi) is 5.96. The van der Waals surface area contributed by atoms with Gasteiger partial charge in [-0.25, -0.2) is 13.1 Å². The van der Waals surface area contributed by atoms with Gasteiger partial charge in [-0.15, -0.1) is 0 Å². The molecule has 8 heteroatoms. The van der Waals surface area contributed by atoms with Crippen molar-refractivity contribution in [2.45, 2.75) is 6.42 Å². The Balaban J connectivity index is 1.89. The van der Waals surface area contributed by atoms with E-state index in [2.05, 4.69) is 9.88 Å². The number of nitrogens with zero attached hydrogens (tertiary/aromatic N) is 1. The molecule has 0 fully saturated rings. The first-order chi connectivity index (χ1) is 10.5. The van der Waals surface area contributed by atoms with Crippen LogP contribution in [0.5, 0.6) is 0 Å². The SMILES string of the molecule is COCCS(=O)(=O)NCCc1cc(-c2ccc(Cl)cc2)on1. The van der Waals surface area contributed by atoms with E-state index in [9.17, 15) is 8.42 Å². The lowest BCUT2D eigenvalue weighted by Gasteiger charge is -2.04. The van der Waals surface area contributed by atoms with Crippen LogP contribution in [0.15, 0.2) is 34.9 Å². The Labute approximate surface area is 134 Å². The minimum Gasteiger partial charge on any atom is -0.384 e. The lowest BCUT2D eigenvalue weighted by molar-refractivity contribution is 0.217. The van der Waals surface area contributed by atoms with Crippen LogP contribution in [-0.4, -0.2) is 39.6 Å². The minimum absolute atomic E-state index is 0.0572. The van der Waals surface area contributed by atoms with Gasteiger partial charge in [0.25, 0.3) is 0 Å². The molecule has 0 radical (unpaired) electrons. The molecule has 0 aliphatic rings. The maximum absolute atomic E-state index is 11.6. The predicted molar refractivity (Wildman–Crippen MR) is 84.3 cm³/mol. The summed E-state index contributed by atoms with van der Waals surface area (Å²) >= 11 is 5.83. The monoisotopic (exact) mass is 344 g/mol. The third-order valence-corrected chi connectivity index (χ3v) is 4.55. The van der Waals surface area contributed by atoms with E-state index in [0.717, 1.165) is 5.56 Å². The zero-order valence-corrected chi connectivity index (χ0v) is 13.7. The molecule has 1 aromatic heterocycles. The molecular weight excluding hydrogens is 328 g/mol. The van der Waals surface area contributed by atoms with Crippen LogP contribution < -0.4 is 4.72 Å². The first-order valence-electron chi connectivity index (χ1n) is 6.68. The minimum atomic E-state index is -3.31. The molecule has 1 N–H and O–H groups in total. The van der Waals surface area contributed by atoms with Crippen molar-refractivity contribution >= 4 is 21.6 Å². The van der Waals surface area contributed by atoms with Gasteiger partial charge in [-0.2, -0.15) is 0 Å². The quantitative estimate of drug-likeness (QED) is 0.793. The molecule has 0 unspecified atom stereocenters. The Hall–Kier alpha value is -1.41. The Bertz CT molecular complexity index is 698. The van der Waals surface area contributed by atoms with Crippen molar-refractivity contribution in [1.29, 1.82) is 0 Å². The van der Waals surface area contributed by atoms with Crippen molar-refractivity contribution in [1.82, 2.24) is 9.88 Å². The van der Waals surface area contributed by atoms with Crippen molar-refractivity contribution in [3.05, 3.63) is 41.0 Å². The second-order valence-electron chi connectivity index (χ2n) is 4.65. The van der Waals surface area contributed by atoms with Crippen LogP contribution in [0.2, 0.25) is 5.02 Å². The summed E-state index contributed by atoms with van der Waals surface area (Å²) in [4.78, 5) is 0. The van der Waals surface area contributed by atoms with Gasteiger partial charge in [0.1, 0.15) is 0 Å². The molecule has 1 heterocycles. The number of nitrogens with one attached hydrogen (secondary N) is 1. The van der Waals surface area contributed by atoms with E-state index < -0.39 is 10.0 Å². The van der Waals surface area contributed by atoms with Gasteiger partial charge in [0, 0.05) is 36.7 Å². The summed E-state index contributed by atoms with van der Waals surface area (Å²) < 4.78 is 35.7. The molecule has 0 aliphatic heterocycles. The number of sulfonamides is 1. The first-order valence-corrected chi connectivity index (χ1v) is 8.71. The van der Waals surface area contributed by atoms with Gasteiger partial charge < -0.3 is 9.26 Å². The molecule has 0 spiro atoms. The normalized spacial score (nSPS) is 11.7. The number of hydrogen-bond donors (Lipinski definition) is 1. The van der Waals surface area contributed by atoms with E-state index in [-0.39, 0.29) is 18.9 Å². The highest BCUT2D eigenvalue weighted by atomic mass is 35.5. The van der Waals surface area contributed by atoms with Gasteiger partial charge >= 0.3 is 0 Å². The molecule has 22 heavy (non-hydrogen) atoms. The predicted octanol–water partition coefficient (Wildman–Crippen LogP) is 2.10. The summed E-state index contributed by atoms with van der Waals surface area (Å²) in [6.45, 7) is 0.429. The second kappa shape index (κ2) is 7.73. The highest BCUT2D eigenvalue weighted by Gasteiger charge is 2.11. The fraction of sp³-hybridized carbons (Fsp3) is 0.357. The molecule has 0 saturated heterocycles. The standard InChI is InChI=1S/C14H17ClN2O4S/c1-20-8-9-22(18,19)16-7-6-13-10-14(21-17-13)11-2-4-12(15)5-3-11/h2-5,10,16H,6-9H2,1H3. The largest absolute Gasteiger partial charge is 0.384 e. The van der Waals surface area contributed by atoms with Crippen molar-refractivity contribution in [3.8, 4) is 11.3 Å². The number of halogens is 1. The van der Waals surface area contributed by atoms with Crippen molar-refractivity contribution in [2.24, 2.45) is 0 Å². The summed E-state index contributed by atoms with van der Waals surface area (Å²) in [6.07, 6.45) is 0.448. The summed E-state index contributed by atoms with van der Waals surface area (Å²) in [5, 5.41) is 4.58. The van der Waals surface area contributed by atoms with E-state index in [1.807, 2.05) is 12.1 Å². The van der Waals surface area contributed by atoms with Gasteiger partial charge in [-0.3, -0.25) is 0 Å². The summed E-state index contributed by atoms with van der Waals surface area (Å²) in [7, 11) is -1.85. The summed E-state index contributed by atoms with van der Waals surface area (Å²) in [6, 6.07) is 8.99. The fourth-order valence-electron chi connectivity index (χ4n) is 1.78. The molecule has 0 amide bonds.